The largest absolute Gasteiger partial charge is 0.383 e. The van der Waals surface area contributed by atoms with E-state index in [-0.39, 0.29) is 0 Å². The molecule has 1 heterocycles. The van der Waals surface area contributed by atoms with Crippen LogP contribution >= 0.6 is 0 Å². The van der Waals surface area contributed by atoms with Crippen LogP contribution in [0.2, 0.25) is 0 Å². The van der Waals surface area contributed by atoms with Gasteiger partial charge in [-0.1, -0.05) is 6.92 Å². The average molecular weight is 175 g/mol. The maximum absolute atomic E-state index is 13.0. The van der Waals surface area contributed by atoms with Crippen molar-refractivity contribution in [2.24, 2.45) is 0 Å². The third-order valence-corrected chi connectivity index (χ3v) is 2.53. The third kappa shape index (κ3) is 2.42. The topological polar surface area (TPSA) is 12.5 Å². The van der Waals surface area contributed by atoms with Gasteiger partial charge in [-0.3, -0.25) is 4.90 Å². The van der Waals surface area contributed by atoms with Gasteiger partial charge >= 0.3 is 0 Å². The molecular weight excluding hydrogens is 157 g/mol. The van der Waals surface area contributed by atoms with Crippen LogP contribution in [0.3, 0.4) is 0 Å². The second-order valence-electron chi connectivity index (χ2n) is 3.38. The van der Waals surface area contributed by atoms with E-state index >= 15 is 0 Å². The van der Waals surface area contributed by atoms with Gasteiger partial charge in [0.15, 0.2) is 0 Å². The van der Waals surface area contributed by atoms with Crippen LogP contribution in [-0.4, -0.2) is 43.9 Å². The summed E-state index contributed by atoms with van der Waals surface area (Å²) in [6, 6.07) is 0.440. The molecule has 1 rings (SSSR count). The molecule has 0 aliphatic carbocycles. The van der Waals surface area contributed by atoms with Crippen LogP contribution in [-0.2, 0) is 4.74 Å². The second kappa shape index (κ2) is 4.77. The lowest BCUT2D eigenvalue weighted by atomic mass is 10.1. The van der Waals surface area contributed by atoms with Crippen molar-refractivity contribution in [3.05, 3.63) is 0 Å². The van der Waals surface area contributed by atoms with Gasteiger partial charge in [-0.05, 0) is 12.8 Å². The number of likely N-dealkylation sites (tertiary alicyclic amines) is 1. The van der Waals surface area contributed by atoms with Gasteiger partial charge in [-0.15, -0.1) is 0 Å². The van der Waals surface area contributed by atoms with Gasteiger partial charge < -0.3 is 4.74 Å². The molecule has 1 aliphatic rings. The first kappa shape index (κ1) is 9.93. The highest BCUT2D eigenvalue weighted by atomic mass is 19.1. The van der Waals surface area contributed by atoms with Gasteiger partial charge in [0, 0.05) is 26.2 Å². The highest BCUT2D eigenvalue weighted by Gasteiger charge is 2.29. The molecule has 2 unspecified atom stereocenters. The maximum Gasteiger partial charge on any atom is 0.114 e. The molecular formula is C9H18FNO. The molecule has 0 spiro atoms. The molecule has 1 aliphatic heterocycles. The van der Waals surface area contributed by atoms with Gasteiger partial charge in [0.2, 0.25) is 0 Å². The Balaban J connectivity index is 2.30. The number of ether oxygens (including phenoxy) is 1. The van der Waals surface area contributed by atoms with Gasteiger partial charge in [0.25, 0.3) is 0 Å². The molecule has 0 bridgehead atoms. The number of methoxy groups -OCH3 is 1. The summed E-state index contributed by atoms with van der Waals surface area (Å²) in [7, 11) is 1.68. The molecule has 2 nitrogen and oxygen atoms in total. The molecule has 0 radical (unpaired) electrons. The van der Waals surface area contributed by atoms with E-state index in [0.717, 1.165) is 13.0 Å². The van der Waals surface area contributed by atoms with E-state index in [1.807, 2.05) is 0 Å². The van der Waals surface area contributed by atoms with Crippen LogP contribution in [0.15, 0.2) is 0 Å². The van der Waals surface area contributed by atoms with Crippen molar-refractivity contribution in [2.45, 2.75) is 32.0 Å². The summed E-state index contributed by atoms with van der Waals surface area (Å²) in [6.07, 6.45) is 1.14. The van der Waals surface area contributed by atoms with E-state index in [1.54, 1.807) is 7.11 Å². The standard InChI is InChI=1S/C9H18FNO/c1-3-9-6-8(10)7-11(9)4-5-12-2/h8-9H,3-7H2,1-2H3. The Morgan fingerprint density at radius 2 is 2.33 bits per heavy atom. The van der Waals surface area contributed by atoms with E-state index < -0.39 is 6.17 Å². The lowest BCUT2D eigenvalue weighted by Crippen LogP contribution is -2.32. The zero-order chi connectivity index (χ0) is 8.97. The SMILES string of the molecule is CCC1CC(F)CN1CCOC. The minimum absolute atomic E-state index is 0.440. The lowest BCUT2D eigenvalue weighted by molar-refractivity contribution is 0.137. The molecule has 2 atom stereocenters. The Labute approximate surface area is 73.7 Å². The summed E-state index contributed by atoms with van der Waals surface area (Å²) in [5.74, 6) is 0. The van der Waals surface area contributed by atoms with Crippen molar-refractivity contribution in [1.29, 1.82) is 0 Å². The van der Waals surface area contributed by atoms with Crippen molar-refractivity contribution >= 4 is 0 Å². The fourth-order valence-electron chi connectivity index (χ4n) is 1.83. The summed E-state index contributed by atoms with van der Waals surface area (Å²) in [5.41, 5.74) is 0. The minimum atomic E-state index is -0.619. The normalized spacial score (nSPS) is 31.2. The molecule has 12 heavy (non-hydrogen) atoms. The molecule has 0 saturated carbocycles. The summed E-state index contributed by atoms with van der Waals surface area (Å²) in [6.45, 7) is 4.29. The smallest absolute Gasteiger partial charge is 0.114 e. The number of halogens is 1. The molecule has 0 N–H and O–H groups in total. The summed E-state index contributed by atoms with van der Waals surface area (Å²) < 4.78 is 17.9. The molecule has 3 heteroatoms. The van der Waals surface area contributed by atoms with E-state index in [1.165, 1.54) is 0 Å². The van der Waals surface area contributed by atoms with Crippen LogP contribution in [0, 0.1) is 0 Å². The van der Waals surface area contributed by atoms with Crippen LogP contribution < -0.4 is 0 Å². The molecule has 0 amide bonds. The Hall–Kier alpha value is -0.150. The molecule has 0 aromatic heterocycles. The Morgan fingerprint density at radius 1 is 1.58 bits per heavy atom. The summed E-state index contributed by atoms with van der Waals surface area (Å²) >= 11 is 0. The number of nitrogens with zero attached hydrogens (tertiary/aromatic N) is 1. The van der Waals surface area contributed by atoms with Crippen molar-refractivity contribution in [3.8, 4) is 0 Å². The minimum Gasteiger partial charge on any atom is -0.383 e. The molecule has 72 valence electrons. The monoisotopic (exact) mass is 175 g/mol. The zero-order valence-electron chi connectivity index (χ0n) is 7.92. The average Bonchev–Trinajstić information content (AvgIpc) is 2.42. The summed E-state index contributed by atoms with van der Waals surface area (Å²) in [5, 5.41) is 0. The first-order chi connectivity index (χ1) is 5.77. The molecule has 0 aromatic rings. The highest BCUT2D eigenvalue weighted by molar-refractivity contribution is 4.84. The van der Waals surface area contributed by atoms with Gasteiger partial charge in [0.1, 0.15) is 6.17 Å². The molecule has 1 saturated heterocycles. The van der Waals surface area contributed by atoms with Crippen molar-refractivity contribution in [2.75, 3.05) is 26.8 Å². The van der Waals surface area contributed by atoms with E-state index in [0.29, 0.717) is 25.6 Å². The zero-order valence-corrected chi connectivity index (χ0v) is 7.92. The predicted octanol–water partition coefficient (Wildman–Crippen LogP) is 1.46. The number of rotatable bonds is 4. The second-order valence-corrected chi connectivity index (χ2v) is 3.38. The van der Waals surface area contributed by atoms with Crippen LogP contribution in [0.5, 0.6) is 0 Å². The quantitative estimate of drug-likeness (QED) is 0.641. The Bertz CT molecular complexity index is 132. The fourth-order valence-corrected chi connectivity index (χ4v) is 1.83. The third-order valence-electron chi connectivity index (χ3n) is 2.53. The number of hydrogen-bond acceptors (Lipinski definition) is 2. The predicted molar refractivity (Wildman–Crippen MR) is 47.0 cm³/mol. The van der Waals surface area contributed by atoms with Crippen LogP contribution in [0.1, 0.15) is 19.8 Å². The van der Waals surface area contributed by atoms with Gasteiger partial charge in [-0.2, -0.15) is 0 Å². The molecule has 1 fully saturated rings. The number of hydrogen-bond donors (Lipinski definition) is 0. The fraction of sp³-hybridized carbons (Fsp3) is 1.00. The van der Waals surface area contributed by atoms with E-state index in [4.69, 9.17) is 4.74 Å². The Kier molecular flexibility index (Phi) is 3.95. The lowest BCUT2D eigenvalue weighted by Gasteiger charge is -2.21. The number of alkyl halides is 1. The van der Waals surface area contributed by atoms with Crippen molar-refractivity contribution in [3.63, 3.8) is 0 Å². The molecule has 0 aromatic carbocycles. The van der Waals surface area contributed by atoms with Gasteiger partial charge in [-0.25, -0.2) is 4.39 Å². The maximum atomic E-state index is 13.0. The summed E-state index contributed by atoms with van der Waals surface area (Å²) in [4.78, 5) is 2.19. The first-order valence-corrected chi connectivity index (χ1v) is 4.65. The van der Waals surface area contributed by atoms with Gasteiger partial charge in [0.05, 0.1) is 6.61 Å². The Morgan fingerprint density at radius 3 is 2.92 bits per heavy atom. The van der Waals surface area contributed by atoms with Crippen molar-refractivity contribution in [1.82, 2.24) is 4.90 Å². The van der Waals surface area contributed by atoms with Crippen molar-refractivity contribution < 1.29 is 9.13 Å². The van der Waals surface area contributed by atoms with Crippen LogP contribution in [0.4, 0.5) is 4.39 Å². The first-order valence-electron chi connectivity index (χ1n) is 4.65. The highest BCUT2D eigenvalue weighted by Crippen LogP contribution is 2.21. The van der Waals surface area contributed by atoms with E-state index in [9.17, 15) is 4.39 Å². The van der Waals surface area contributed by atoms with Crippen LogP contribution in [0.25, 0.3) is 0 Å². The van der Waals surface area contributed by atoms with E-state index in [2.05, 4.69) is 11.8 Å².